The fraction of sp³-hybridized carbons (Fsp3) is 0.833. The number of rotatable bonds is 1. The highest BCUT2D eigenvalue weighted by Crippen LogP contribution is 2.27. The minimum Gasteiger partial charge on any atom is -0.354 e. The second-order valence-electron chi connectivity index (χ2n) is 2.47. The van der Waals surface area contributed by atoms with Gasteiger partial charge in [-0.1, -0.05) is 22.6 Å². The third-order valence-corrected chi connectivity index (χ3v) is 2.50. The van der Waals surface area contributed by atoms with E-state index in [0.717, 1.165) is 16.8 Å². The molecule has 1 rings (SSSR count). The molecule has 0 atom stereocenters. The standard InChI is InChI=1S/C6H10INO/c1-4(9)8-6-2-5(7)3-6/h5-6H,2-3H2,1H3,(H,8,9). The molecule has 1 fully saturated rings. The van der Waals surface area contributed by atoms with E-state index < -0.39 is 0 Å². The summed E-state index contributed by atoms with van der Waals surface area (Å²) >= 11 is 2.40. The van der Waals surface area contributed by atoms with Gasteiger partial charge in [0.05, 0.1) is 0 Å². The molecule has 1 aliphatic rings. The van der Waals surface area contributed by atoms with Gasteiger partial charge in [-0.25, -0.2) is 0 Å². The van der Waals surface area contributed by atoms with Crippen LogP contribution < -0.4 is 5.32 Å². The molecule has 0 aromatic heterocycles. The van der Waals surface area contributed by atoms with Gasteiger partial charge < -0.3 is 5.32 Å². The number of hydrogen-bond acceptors (Lipinski definition) is 1. The van der Waals surface area contributed by atoms with Crippen LogP contribution in [0.4, 0.5) is 0 Å². The Morgan fingerprint density at radius 2 is 2.22 bits per heavy atom. The number of hydrogen-bond donors (Lipinski definition) is 1. The number of amides is 1. The van der Waals surface area contributed by atoms with E-state index in [1.54, 1.807) is 6.92 Å². The summed E-state index contributed by atoms with van der Waals surface area (Å²) in [6.45, 7) is 1.57. The highest BCUT2D eigenvalue weighted by molar-refractivity contribution is 14.1. The molecule has 2 nitrogen and oxygen atoms in total. The molecule has 0 unspecified atom stereocenters. The number of alkyl halides is 1. The lowest BCUT2D eigenvalue weighted by atomic mass is 9.93. The molecule has 0 heterocycles. The van der Waals surface area contributed by atoms with Gasteiger partial charge in [0.2, 0.25) is 5.91 Å². The summed E-state index contributed by atoms with van der Waals surface area (Å²) in [5.74, 6) is 0.100. The molecule has 52 valence electrons. The summed E-state index contributed by atoms with van der Waals surface area (Å²) in [5.41, 5.74) is 0. The van der Waals surface area contributed by atoms with Crippen molar-refractivity contribution in [2.45, 2.75) is 29.7 Å². The van der Waals surface area contributed by atoms with Crippen molar-refractivity contribution in [2.24, 2.45) is 0 Å². The molecule has 0 bridgehead atoms. The van der Waals surface area contributed by atoms with Crippen molar-refractivity contribution >= 4 is 28.5 Å². The van der Waals surface area contributed by atoms with Gasteiger partial charge in [-0.05, 0) is 12.8 Å². The van der Waals surface area contributed by atoms with E-state index in [1.807, 2.05) is 0 Å². The number of carbonyl (C=O) groups is 1. The van der Waals surface area contributed by atoms with Crippen LogP contribution in [0.15, 0.2) is 0 Å². The zero-order valence-electron chi connectivity index (χ0n) is 5.36. The molecule has 9 heavy (non-hydrogen) atoms. The maximum absolute atomic E-state index is 10.4. The quantitative estimate of drug-likeness (QED) is 0.538. The summed E-state index contributed by atoms with van der Waals surface area (Å²) in [6, 6.07) is 0.476. The Morgan fingerprint density at radius 1 is 1.67 bits per heavy atom. The van der Waals surface area contributed by atoms with Crippen LogP contribution in [0.3, 0.4) is 0 Å². The molecular formula is C6H10INO. The van der Waals surface area contributed by atoms with Crippen LogP contribution in [0.2, 0.25) is 0 Å². The number of halogens is 1. The first-order chi connectivity index (χ1) is 4.18. The fourth-order valence-electron chi connectivity index (χ4n) is 0.954. The lowest BCUT2D eigenvalue weighted by Crippen LogP contribution is -2.43. The fourth-order valence-corrected chi connectivity index (χ4v) is 2.18. The summed E-state index contributed by atoms with van der Waals surface area (Å²) in [7, 11) is 0. The summed E-state index contributed by atoms with van der Waals surface area (Å²) in [4.78, 5) is 10.4. The second-order valence-corrected chi connectivity index (χ2v) is 4.23. The van der Waals surface area contributed by atoms with Crippen molar-refractivity contribution in [3.8, 4) is 0 Å². The van der Waals surface area contributed by atoms with Gasteiger partial charge in [0.25, 0.3) is 0 Å². The zero-order chi connectivity index (χ0) is 6.85. The molecule has 1 aliphatic carbocycles. The molecule has 0 aromatic rings. The van der Waals surface area contributed by atoms with Crippen molar-refractivity contribution in [2.75, 3.05) is 0 Å². The Labute approximate surface area is 68.5 Å². The van der Waals surface area contributed by atoms with Gasteiger partial charge >= 0.3 is 0 Å². The molecule has 0 radical (unpaired) electrons. The predicted molar refractivity (Wildman–Crippen MR) is 44.6 cm³/mol. The molecule has 3 heteroatoms. The van der Waals surface area contributed by atoms with Crippen molar-refractivity contribution in [3.05, 3.63) is 0 Å². The maximum atomic E-state index is 10.4. The van der Waals surface area contributed by atoms with E-state index in [1.165, 1.54) is 0 Å². The first-order valence-corrected chi connectivity index (χ1v) is 4.34. The largest absolute Gasteiger partial charge is 0.354 e. The minimum absolute atomic E-state index is 0.100. The topological polar surface area (TPSA) is 29.1 Å². The molecule has 0 aromatic carbocycles. The van der Waals surface area contributed by atoms with Gasteiger partial charge in [0.15, 0.2) is 0 Å². The van der Waals surface area contributed by atoms with Crippen molar-refractivity contribution in [1.29, 1.82) is 0 Å². The van der Waals surface area contributed by atoms with Gasteiger partial charge in [-0.2, -0.15) is 0 Å². The normalized spacial score (nSPS) is 33.1. The van der Waals surface area contributed by atoms with E-state index in [-0.39, 0.29) is 5.91 Å². The van der Waals surface area contributed by atoms with E-state index >= 15 is 0 Å². The minimum atomic E-state index is 0.100. The molecular weight excluding hydrogens is 229 g/mol. The number of nitrogens with one attached hydrogen (secondary N) is 1. The van der Waals surface area contributed by atoms with Crippen LogP contribution >= 0.6 is 22.6 Å². The van der Waals surface area contributed by atoms with Crippen LogP contribution in [-0.2, 0) is 4.79 Å². The molecule has 1 N–H and O–H groups in total. The highest BCUT2D eigenvalue weighted by Gasteiger charge is 2.26. The highest BCUT2D eigenvalue weighted by atomic mass is 127. The van der Waals surface area contributed by atoms with Crippen LogP contribution in [0.5, 0.6) is 0 Å². The van der Waals surface area contributed by atoms with Gasteiger partial charge in [-0.15, -0.1) is 0 Å². The van der Waals surface area contributed by atoms with Gasteiger partial charge in [0.1, 0.15) is 0 Å². The van der Waals surface area contributed by atoms with Gasteiger partial charge in [-0.3, -0.25) is 4.79 Å². The molecule has 0 saturated heterocycles. The predicted octanol–water partition coefficient (Wildman–Crippen LogP) is 1.09. The van der Waals surface area contributed by atoms with Crippen molar-refractivity contribution in [3.63, 3.8) is 0 Å². The van der Waals surface area contributed by atoms with Crippen molar-refractivity contribution < 1.29 is 4.79 Å². The lowest BCUT2D eigenvalue weighted by molar-refractivity contribution is -0.120. The third-order valence-electron chi connectivity index (χ3n) is 1.49. The Balaban J connectivity index is 2.11. The van der Waals surface area contributed by atoms with Crippen LogP contribution in [-0.4, -0.2) is 15.9 Å². The molecule has 1 saturated carbocycles. The molecule has 0 spiro atoms. The lowest BCUT2D eigenvalue weighted by Gasteiger charge is -2.31. The van der Waals surface area contributed by atoms with E-state index in [0.29, 0.717) is 6.04 Å². The van der Waals surface area contributed by atoms with E-state index in [2.05, 4.69) is 27.9 Å². The van der Waals surface area contributed by atoms with Crippen molar-refractivity contribution in [1.82, 2.24) is 5.32 Å². The first kappa shape index (κ1) is 7.31. The second kappa shape index (κ2) is 2.86. The molecule has 1 amide bonds. The Hall–Kier alpha value is 0.200. The Morgan fingerprint density at radius 3 is 2.56 bits per heavy atom. The average Bonchev–Trinajstić information content (AvgIpc) is 1.60. The summed E-state index contributed by atoms with van der Waals surface area (Å²) < 4.78 is 0.791. The smallest absolute Gasteiger partial charge is 0.217 e. The van der Waals surface area contributed by atoms with Crippen LogP contribution in [0.1, 0.15) is 19.8 Å². The SMILES string of the molecule is CC(=O)NC1CC(I)C1. The van der Waals surface area contributed by atoms with Crippen LogP contribution in [0.25, 0.3) is 0 Å². The number of carbonyl (C=O) groups excluding carboxylic acids is 1. The first-order valence-electron chi connectivity index (χ1n) is 3.09. The average molecular weight is 239 g/mol. The summed E-state index contributed by atoms with van der Waals surface area (Å²) in [6.07, 6.45) is 2.31. The van der Waals surface area contributed by atoms with E-state index in [9.17, 15) is 4.79 Å². The Bertz CT molecular complexity index is 120. The van der Waals surface area contributed by atoms with Gasteiger partial charge in [0, 0.05) is 16.9 Å². The molecule has 0 aliphatic heterocycles. The summed E-state index contributed by atoms with van der Waals surface area (Å²) in [5, 5.41) is 2.87. The monoisotopic (exact) mass is 239 g/mol. The maximum Gasteiger partial charge on any atom is 0.217 e. The third kappa shape index (κ3) is 2.12. The van der Waals surface area contributed by atoms with E-state index in [4.69, 9.17) is 0 Å². The Kier molecular flexibility index (Phi) is 2.32. The van der Waals surface area contributed by atoms with Crippen LogP contribution in [0, 0.1) is 0 Å². The zero-order valence-corrected chi connectivity index (χ0v) is 7.51.